The number of nitrogens with one attached hydrogen (secondary N) is 2. The third-order valence-electron chi connectivity index (χ3n) is 5.61. The highest BCUT2D eigenvalue weighted by Crippen LogP contribution is 2.27. The van der Waals surface area contributed by atoms with E-state index < -0.39 is 11.9 Å². The quantitative estimate of drug-likeness (QED) is 0.440. The van der Waals surface area contributed by atoms with Crippen molar-refractivity contribution in [2.75, 3.05) is 6.54 Å². The second-order valence-electron chi connectivity index (χ2n) is 8.13. The van der Waals surface area contributed by atoms with Crippen LogP contribution >= 0.6 is 0 Å². The summed E-state index contributed by atoms with van der Waals surface area (Å²) >= 11 is 0. The van der Waals surface area contributed by atoms with Crippen LogP contribution in [0.3, 0.4) is 0 Å². The third kappa shape index (κ3) is 4.36. The monoisotopic (exact) mass is 431 g/mol. The van der Waals surface area contributed by atoms with Crippen molar-refractivity contribution < 1.29 is 9.18 Å². The lowest BCUT2D eigenvalue weighted by atomic mass is 10.1. The molecule has 1 aliphatic rings. The average molecular weight is 431 g/mol. The molecule has 3 aromatic heterocycles. The molecular formula is C24H22FN5O2. The maximum atomic E-state index is 14.3. The van der Waals surface area contributed by atoms with Gasteiger partial charge in [-0.15, -0.1) is 0 Å². The fourth-order valence-corrected chi connectivity index (χ4v) is 3.66. The zero-order chi connectivity index (χ0) is 22.1. The Hall–Kier alpha value is -3.65. The van der Waals surface area contributed by atoms with Gasteiger partial charge in [-0.2, -0.15) is 4.39 Å². The van der Waals surface area contributed by atoms with Crippen LogP contribution in [0.2, 0.25) is 0 Å². The van der Waals surface area contributed by atoms with Crippen LogP contribution in [0.25, 0.3) is 16.6 Å². The van der Waals surface area contributed by atoms with Crippen molar-refractivity contribution in [2.45, 2.75) is 25.9 Å². The van der Waals surface area contributed by atoms with Crippen molar-refractivity contribution in [3.05, 3.63) is 87.9 Å². The van der Waals surface area contributed by atoms with E-state index in [0.717, 1.165) is 23.4 Å². The number of nitrogens with zero attached hydrogens (tertiary/aromatic N) is 3. The average Bonchev–Trinajstić information content (AvgIpc) is 3.62. The lowest BCUT2D eigenvalue weighted by Crippen LogP contribution is -2.26. The number of amides is 1. The lowest BCUT2D eigenvalue weighted by Gasteiger charge is -2.09. The summed E-state index contributed by atoms with van der Waals surface area (Å²) in [7, 11) is 0. The summed E-state index contributed by atoms with van der Waals surface area (Å²) < 4.78 is 15.7. The van der Waals surface area contributed by atoms with E-state index in [1.807, 2.05) is 6.07 Å². The summed E-state index contributed by atoms with van der Waals surface area (Å²) in [5.74, 6) is -0.179. The number of halogens is 1. The summed E-state index contributed by atoms with van der Waals surface area (Å²) in [6.45, 7) is 1.59. The first kappa shape index (κ1) is 20.3. The Morgan fingerprint density at radius 3 is 2.81 bits per heavy atom. The first-order valence-corrected chi connectivity index (χ1v) is 10.6. The van der Waals surface area contributed by atoms with Crippen LogP contribution in [0.5, 0.6) is 0 Å². The zero-order valence-electron chi connectivity index (χ0n) is 17.3. The van der Waals surface area contributed by atoms with Gasteiger partial charge in [-0.1, -0.05) is 12.1 Å². The molecule has 0 radical (unpaired) electrons. The Morgan fingerprint density at radius 2 is 1.97 bits per heavy atom. The number of carbonyl (C=O) groups excluding carboxylic acids is 1. The second-order valence-corrected chi connectivity index (χ2v) is 8.13. The van der Waals surface area contributed by atoms with Crippen molar-refractivity contribution in [1.29, 1.82) is 0 Å². The lowest BCUT2D eigenvalue weighted by molar-refractivity contribution is 0.0946. The van der Waals surface area contributed by atoms with Crippen molar-refractivity contribution in [1.82, 2.24) is 25.0 Å². The molecule has 0 spiro atoms. The molecule has 0 unspecified atom stereocenters. The SMILES string of the molecule is O=C(NCc1ccc2nc(F)c(CNCC3CC3)cc2c1)c1cc(=O)n2ccccc2n1. The van der Waals surface area contributed by atoms with Gasteiger partial charge in [0.2, 0.25) is 5.95 Å². The van der Waals surface area contributed by atoms with E-state index in [4.69, 9.17) is 0 Å². The number of fused-ring (bicyclic) bond motifs is 2. The van der Waals surface area contributed by atoms with Crippen LogP contribution in [0, 0.1) is 11.9 Å². The van der Waals surface area contributed by atoms with Gasteiger partial charge in [0.15, 0.2) is 0 Å². The number of benzene rings is 1. The van der Waals surface area contributed by atoms with Gasteiger partial charge in [-0.3, -0.25) is 14.0 Å². The Bertz CT molecular complexity index is 1380. The smallest absolute Gasteiger partial charge is 0.270 e. The number of hydrogen-bond acceptors (Lipinski definition) is 5. The molecule has 1 fully saturated rings. The predicted octanol–water partition coefficient (Wildman–Crippen LogP) is 2.81. The van der Waals surface area contributed by atoms with E-state index >= 15 is 0 Å². The maximum Gasteiger partial charge on any atom is 0.270 e. The molecule has 1 saturated carbocycles. The molecule has 0 aliphatic heterocycles. The van der Waals surface area contributed by atoms with Crippen molar-refractivity contribution >= 4 is 22.5 Å². The standard InChI is InChI=1S/C24H22FN5O2/c25-23-18(14-26-12-15-4-5-15)10-17-9-16(6-7-19(17)29-23)13-27-24(32)20-11-22(31)30-8-2-1-3-21(30)28-20/h1-3,6-11,15,26H,4-5,12-14H2,(H,27,32). The molecule has 0 saturated heterocycles. The highest BCUT2D eigenvalue weighted by molar-refractivity contribution is 5.92. The Labute approximate surface area is 183 Å². The predicted molar refractivity (Wildman–Crippen MR) is 119 cm³/mol. The molecule has 0 atom stereocenters. The molecule has 162 valence electrons. The fourth-order valence-electron chi connectivity index (χ4n) is 3.66. The molecule has 1 aliphatic carbocycles. The van der Waals surface area contributed by atoms with Gasteiger partial charge >= 0.3 is 0 Å². The molecular weight excluding hydrogens is 409 g/mol. The maximum absolute atomic E-state index is 14.3. The number of rotatable bonds is 7. The van der Waals surface area contributed by atoms with E-state index in [9.17, 15) is 14.0 Å². The van der Waals surface area contributed by atoms with Gasteiger partial charge in [0.1, 0.15) is 11.3 Å². The molecule has 3 heterocycles. The molecule has 7 nitrogen and oxygen atoms in total. The molecule has 5 rings (SSSR count). The van der Waals surface area contributed by atoms with Gasteiger partial charge in [0.05, 0.1) is 5.52 Å². The largest absolute Gasteiger partial charge is 0.347 e. The molecule has 0 bridgehead atoms. The molecule has 2 N–H and O–H groups in total. The third-order valence-corrected chi connectivity index (χ3v) is 5.61. The zero-order valence-corrected chi connectivity index (χ0v) is 17.3. The fraction of sp³-hybridized carbons (Fsp3) is 0.250. The summed E-state index contributed by atoms with van der Waals surface area (Å²) in [6, 6.07) is 13.6. The van der Waals surface area contributed by atoms with E-state index in [1.54, 1.807) is 42.6 Å². The summed E-state index contributed by atoms with van der Waals surface area (Å²) in [6.07, 6.45) is 4.09. The van der Waals surface area contributed by atoms with Crippen LogP contribution in [-0.4, -0.2) is 26.8 Å². The summed E-state index contributed by atoms with van der Waals surface area (Å²) in [4.78, 5) is 33.1. The van der Waals surface area contributed by atoms with Crippen LogP contribution in [0.4, 0.5) is 4.39 Å². The molecule has 8 heteroatoms. The summed E-state index contributed by atoms with van der Waals surface area (Å²) in [5.41, 5.74) is 2.09. The van der Waals surface area contributed by atoms with Crippen molar-refractivity contribution in [3.63, 3.8) is 0 Å². The van der Waals surface area contributed by atoms with E-state index in [-0.39, 0.29) is 17.8 Å². The van der Waals surface area contributed by atoms with Gasteiger partial charge < -0.3 is 10.6 Å². The molecule has 32 heavy (non-hydrogen) atoms. The highest BCUT2D eigenvalue weighted by Gasteiger charge is 2.20. The summed E-state index contributed by atoms with van der Waals surface area (Å²) in [5, 5.41) is 6.89. The normalized spacial score (nSPS) is 13.5. The van der Waals surface area contributed by atoms with Crippen LogP contribution in [0.15, 0.2) is 59.5 Å². The molecule has 1 amide bonds. The van der Waals surface area contributed by atoms with Crippen LogP contribution in [0.1, 0.15) is 34.5 Å². The first-order chi connectivity index (χ1) is 15.6. The number of hydrogen-bond donors (Lipinski definition) is 2. The molecule has 4 aromatic rings. The Morgan fingerprint density at radius 1 is 1.09 bits per heavy atom. The minimum Gasteiger partial charge on any atom is -0.347 e. The van der Waals surface area contributed by atoms with E-state index in [0.29, 0.717) is 23.3 Å². The second kappa shape index (κ2) is 8.47. The van der Waals surface area contributed by atoms with Crippen molar-refractivity contribution in [2.24, 2.45) is 5.92 Å². The van der Waals surface area contributed by atoms with E-state index in [1.165, 1.54) is 23.3 Å². The Kier molecular flexibility index (Phi) is 5.36. The minimum atomic E-state index is -0.462. The van der Waals surface area contributed by atoms with Gasteiger partial charge in [-0.25, -0.2) is 9.97 Å². The van der Waals surface area contributed by atoms with Crippen LogP contribution in [-0.2, 0) is 13.1 Å². The number of carbonyl (C=O) groups is 1. The highest BCUT2D eigenvalue weighted by atomic mass is 19.1. The van der Waals surface area contributed by atoms with E-state index in [2.05, 4.69) is 20.6 Å². The first-order valence-electron chi connectivity index (χ1n) is 10.6. The number of pyridine rings is 2. The van der Waals surface area contributed by atoms with Gasteiger partial charge in [0.25, 0.3) is 11.5 Å². The van der Waals surface area contributed by atoms with Crippen molar-refractivity contribution in [3.8, 4) is 0 Å². The Balaban J connectivity index is 1.30. The minimum absolute atomic E-state index is 0.0646. The molecule has 1 aromatic carbocycles. The van der Waals surface area contributed by atoms with Crippen LogP contribution < -0.4 is 16.2 Å². The van der Waals surface area contributed by atoms with Gasteiger partial charge in [-0.05, 0) is 61.2 Å². The van der Waals surface area contributed by atoms with Gasteiger partial charge in [0, 0.05) is 36.3 Å². The number of aromatic nitrogens is 3. The topological polar surface area (TPSA) is 88.4 Å².